The molecule has 0 atom stereocenters. The standard InChI is InChI=1S/C18H30O2/c1-2-3-4-5-6-7-8-9-10-11-12-13-14-15-16-17-18(19)20/h12-17H,2-11H2,1H3,(H,19,20)/b13-12-,15-14?,17-16?. The van der Waals surface area contributed by atoms with Gasteiger partial charge in [0.2, 0.25) is 0 Å². The SMILES string of the molecule is CCCCCCCCCCC/C=C\C=CC=CC(=O)O. The molecule has 1 N–H and O–H groups in total. The zero-order valence-electron chi connectivity index (χ0n) is 12.9. The van der Waals surface area contributed by atoms with E-state index in [9.17, 15) is 4.79 Å². The number of rotatable bonds is 13. The Morgan fingerprint density at radius 1 is 0.800 bits per heavy atom. The fourth-order valence-corrected chi connectivity index (χ4v) is 2.01. The highest BCUT2D eigenvalue weighted by Crippen LogP contribution is 2.10. The average Bonchev–Trinajstić information content (AvgIpc) is 2.43. The molecular formula is C18H30O2. The largest absolute Gasteiger partial charge is 0.478 e. The first kappa shape index (κ1) is 18.7. The Hall–Kier alpha value is -1.31. The fraction of sp³-hybridized carbons (Fsp3) is 0.611. The van der Waals surface area contributed by atoms with E-state index in [0.717, 1.165) is 12.5 Å². The van der Waals surface area contributed by atoms with E-state index in [1.54, 1.807) is 6.08 Å². The number of hydrogen-bond donors (Lipinski definition) is 1. The molecule has 0 aliphatic carbocycles. The van der Waals surface area contributed by atoms with Crippen molar-refractivity contribution in [1.29, 1.82) is 0 Å². The number of unbranched alkanes of at least 4 members (excludes halogenated alkanes) is 9. The van der Waals surface area contributed by atoms with Gasteiger partial charge in [-0.1, -0.05) is 88.7 Å². The van der Waals surface area contributed by atoms with Crippen LogP contribution in [0.3, 0.4) is 0 Å². The quantitative estimate of drug-likeness (QED) is 0.268. The maximum atomic E-state index is 10.2. The van der Waals surface area contributed by atoms with Gasteiger partial charge in [-0.3, -0.25) is 0 Å². The van der Waals surface area contributed by atoms with Crippen molar-refractivity contribution in [3.8, 4) is 0 Å². The Labute approximate surface area is 124 Å². The molecule has 0 rings (SSSR count). The second kappa shape index (κ2) is 15.7. The maximum absolute atomic E-state index is 10.2. The van der Waals surface area contributed by atoms with Gasteiger partial charge in [-0.05, 0) is 12.8 Å². The minimum absolute atomic E-state index is 0.909. The van der Waals surface area contributed by atoms with E-state index < -0.39 is 5.97 Å². The van der Waals surface area contributed by atoms with Gasteiger partial charge >= 0.3 is 5.97 Å². The Morgan fingerprint density at radius 3 is 1.95 bits per heavy atom. The fourth-order valence-electron chi connectivity index (χ4n) is 2.01. The van der Waals surface area contributed by atoms with Crippen molar-refractivity contribution < 1.29 is 9.90 Å². The molecule has 0 saturated carbocycles. The lowest BCUT2D eigenvalue weighted by Gasteiger charge is -2.00. The van der Waals surface area contributed by atoms with Crippen molar-refractivity contribution in [2.24, 2.45) is 0 Å². The summed E-state index contributed by atoms with van der Waals surface area (Å²) < 4.78 is 0. The molecule has 114 valence electrons. The monoisotopic (exact) mass is 278 g/mol. The lowest BCUT2D eigenvalue weighted by atomic mass is 10.1. The summed E-state index contributed by atoms with van der Waals surface area (Å²) in [5, 5.41) is 8.38. The van der Waals surface area contributed by atoms with Gasteiger partial charge in [-0.2, -0.15) is 0 Å². The molecule has 0 aromatic carbocycles. The molecule has 0 aromatic heterocycles. The highest BCUT2D eigenvalue weighted by Gasteiger charge is 1.90. The van der Waals surface area contributed by atoms with Gasteiger partial charge in [0.05, 0.1) is 0 Å². The first-order chi connectivity index (χ1) is 9.77. The molecule has 0 saturated heterocycles. The summed E-state index contributed by atoms with van der Waals surface area (Å²) in [5.74, 6) is -0.909. The van der Waals surface area contributed by atoms with E-state index in [0.29, 0.717) is 0 Å². The molecule has 0 spiro atoms. The third-order valence-electron chi connectivity index (χ3n) is 3.18. The van der Waals surface area contributed by atoms with E-state index >= 15 is 0 Å². The Morgan fingerprint density at radius 2 is 1.35 bits per heavy atom. The minimum Gasteiger partial charge on any atom is -0.478 e. The highest BCUT2D eigenvalue weighted by molar-refractivity contribution is 5.80. The number of aliphatic carboxylic acids is 1. The van der Waals surface area contributed by atoms with Crippen molar-refractivity contribution >= 4 is 5.97 Å². The Bertz CT molecular complexity index is 301. The molecule has 2 heteroatoms. The predicted octanol–water partition coefficient (Wildman–Crippen LogP) is 5.66. The van der Waals surface area contributed by atoms with Crippen LogP contribution in [0, 0.1) is 0 Å². The molecule has 0 aliphatic heterocycles. The van der Waals surface area contributed by atoms with Crippen molar-refractivity contribution in [1.82, 2.24) is 0 Å². The molecule has 0 fully saturated rings. The minimum atomic E-state index is -0.909. The van der Waals surface area contributed by atoms with Crippen LogP contribution in [0.4, 0.5) is 0 Å². The van der Waals surface area contributed by atoms with Crippen molar-refractivity contribution in [3.05, 3.63) is 36.5 Å². The lowest BCUT2D eigenvalue weighted by molar-refractivity contribution is -0.131. The molecule has 0 bridgehead atoms. The van der Waals surface area contributed by atoms with Crippen LogP contribution in [-0.2, 0) is 4.79 Å². The second-order valence-corrected chi connectivity index (χ2v) is 5.13. The topological polar surface area (TPSA) is 37.3 Å². The van der Waals surface area contributed by atoms with Gasteiger partial charge in [-0.15, -0.1) is 0 Å². The Balaban J connectivity index is 3.25. The molecule has 0 heterocycles. The second-order valence-electron chi connectivity index (χ2n) is 5.13. The first-order valence-corrected chi connectivity index (χ1v) is 8.00. The first-order valence-electron chi connectivity index (χ1n) is 8.00. The molecule has 0 amide bonds. The zero-order valence-corrected chi connectivity index (χ0v) is 12.9. The summed E-state index contributed by atoms with van der Waals surface area (Å²) in [6.45, 7) is 2.26. The number of carboxylic acids is 1. The van der Waals surface area contributed by atoms with Crippen molar-refractivity contribution in [3.63, 3.8) is 0 Å². The average molecular weight is 278 g/mol. The van der Waals surface area contributed by atoms with Crippen LogP contribution in [0.25, 0.3) is 0 Å². The summed E-state index contributed by atoms with van der Waals surface area (Å²) in [6, 6.07) is 0. The molecule has 2 nitrogen and oxygen atoms in total. The van der Waals surface area contributed by atoms with Crippen LogP contribution < -0.4 is 0 Å². The molecule has 20 heavy (non-hydrogen) atoms. The number of carboxylic acid groups (broad SMARTS) is 1. The van der Waals surface area contributed by atoms with E-state index in [1.165, 1.54) is 63.9 Å². The summed E-state index contributed by atoms with van der Waals surface area (Å²) in [6.07, 6.45) is 23.7. The van der Waals surface area contributed by atoms with Crippen LogP contribution in [-0.4, -0.2) is 11.1 Å². The van der Waals surface area contributed by atoms with Crippen LogP contribution >= 0.6 is 0 Å². The van der Waals surface area contributed by atoms with Crippen LogP contribution in [0.1, 0.15) is 71.1 Å². The smallest absolute Gasteiger partial charge is 0.328 e. The summed E-state index contributed by atoms with van der Waals surface area (Å²) in [7, 11) is 0. The molecular weight excluding hydrogens is 248 g/mol. The van der Waals surface area contributed by atoms with Crippen LogP contribution in [0.15, 0.2) is 36.5 Å². The van der Waals surface area contributed by atoms with E-state index in [4.69, 9.17) is 5.11 Å². The maximum Gasteiger partial charge on any atom is 0.328 e. The van der Waals surface area contributed by atoms with Gasteiger partial charge in [0.25, 0.3) is 0 Å². The molecule has 0 aliphatic rings. The highest BCUT2D eigenvalue weighted by atomic mass is 16.4. The molecule has 0 radical (unpaired) electrons. The third kappa shape index (κ3) is 16.7. The number of carbonyl (C=O) groups is 1. The third-order valence-corrected chi connectivity index (χ3v) is 3.18. The number of hydrogen-bond acceptors (Lipinski definition) is 1. The molecule has 0 unspecified atom stereocenters. The summed E-state index contributed by atoms with van der Waals surface area (Å²) in [5.41, 5.74) is 0. The van der Waals surface area contributed by atoms with Gasteiger partial charge in [0.1, 0.15) is 0 Å². The lowest BCUT2D eigenvalue weighted by Crippen LogP contribution is -1.84. The summed E-state index contributed by atoms with van der Waals surface area (Å²) >= 11 is 0. The van der Waals surface area contributed by atoms with Crippen LogP contribution in [0.2, 0.25) is 0 Å². The van der Waals surface area contributed by atoms with Crippen molar-refractivity contribution in [2.75, 3.05) is 0 Å². The van der Waals surface area contributed by atoms with Gasteiger partial charge in [0.15, 0.2) is 0 Å². The van der Waals surface area contributed by atoms with Gasteiger partial charge < -0.3 is 5.11 Å². The molecule has 0 aromatic rings. The Kier molecular flexibility index (Phi) is 14.7. The van der Waals surface area contributed by atoms with E-state index in [2.05, 4.69) is 13.0 Å². The zero-order chi connectivity index (χ0) is 14.9. The normalized spacial score (nSPS) is 12.1. The van der Waals surface area contributed by atoms with Crippen molar-refractivity contribution in [2.45, 2.75) is 71.1 Å². The van der Waals surface area contributed by atoms with Crippen LogP contribution in [0.5, 0.6) is 0 Å². The number of allylic oxidation sites excluding steroid dienone is 5. The van der Waals surface area contributed by atoms with E-state index in [-0.39, 0.29) is 0 Å². The van der Waals surface area contributed by atoms with Gasteiger partial charge in [0, 0.05) is 6.08 Å². The predicted molar refractivity (Wildman–Crippen MR) is 86.9 cm³/mol. The summed E-state index contributed by atoms with van der Waals surface area (Å²) in [4.78, 5) is 10.2. The van der Waals surface area contributed by atoms with E-state index in [1.807, 2.05) is 12.2 Å². The van der Waals surface area contributed by atoms with Gasteiger partial charge in [-0.25, -0.2) is 4.79 Å².